The van der Waals surface area contributed by atoms with Crippen molar-refractivity contribution in [2.45, 2.75) is 143 Å². The van der Waals surface area contributed by atoms with E-state index in [1.165, 1.54) is 97.6 Å². The number of rotatable bonds is 4. The highest BCUT2D eigenvalue weighted by atomic mass is 15.3. The van der Waals surface area contributed by atoms with Crippen LogP contribution < -0.4 is 31.1 Å². The first-order valence-corrected chi connectivity index (χ1v) is 23.3. The molecular formula is C58H66BN3. The smallest absolute Gasteiger partial charge is 0.252 e. The van der Waals surface area contributed by atoms with Crippen LogP contribution in [-0.4, -0.2) is 12.3 Å². The van der Waals surface area contributed by atoms with E-state index in [2.05, 4.69) is 220 Å². The molecule has 0 aromatic heterocycles. The second-order valence-electron chi connectivity index (χ2n) is 22.9. The van der Waals surface area contributed by atoms with E-state index in [0.29, 0.717) is 0 Å². The zero-order valence-corrected chi connectivity index (χ0v) is 39.7. The van der Waals surface area contributed by atoms with Crippen molar-refractivity contribution in [3.05, 3.63) is 149 Å². The molecule has 6 aromatic rings. The summed E-state index contributed by atoms with van der Waals surface area (Å²) in [5.41, 5.74) is 22.6. The van der Waals surface area contributed by atoms with Crippen LogP contribution in [-0.2, 0) is 21.7 Å². The molecule has 0 amide bonds. The van der Waals surface area contributed by atoms with Crippen LogP contribution in [0.25, 0.3) is 0 Å². The summed E-state index contributed by atoms with van der Waals surface area (Å²) in [6.07, 6.45) is 4.87. The molecule has 2 unspecified atom stereocenters. The Kier molecular flexibility index (Phi) is 8.98. The summed E-state index contributed by atoms with van der Waals surface area (Å²) in [5, 5.41) is 0. The molecule has 316 valence electrons. The predicted octanol–water partition coefficient (Wildman–Crippen LogP) is 14.0. The van der Waals surface area contributed by atoms with Gasteiger partial charge in [-0.3, -0.25) is 0 Å². The quantitative estimate of drug-likeness (QED) is 0.164. The molecule has 6 aromatic carbocycles. The van der Waals surface area contributed by atoms with Gasteiger partial charge in [0, 0.05) is 45.2 Å². The van der Waals surface area contributed by atoms with Crippen LogP contribution in [0.1, 0.15) is 135 Å². The van der Waals surface area contributed by atoms with Crippen LogP contribution >= 0.6 is 0 Å². The Morgan fingerprint density at radius 3 is 1.63 bits per heavy atom. The van der Waals surface area contributed by atoms with Crippen molar-refractivity contribution in [2.75, 3.05) is 14.7 Å². The lowest BCUT2D eigenvalue weighted by atomic mass is 9.33. The van der Waals surface area contributed by atoms with Gasteiger partial charge in [0.05, 0.1) is 11.2 Å². The first-order chi connectivity index (χ1) is 29.2. The molecule has 0 spiro atoms. The van der Waals surface area contributed by atoms with Crippen LogP contribution in [0.5, 0.6) is 0 Å². The van der Waals surface area contributed by atoms with Gasteiger partial charge in [0.25, 0.3) is 6.71 Å². The van der Waals surface area contributed by atoms with E-state index >= 15 is 0 Å². The third-order valence-electron chi connectivity index (χ3n) is 15.6. The van der Waals surface area contributed by atoms with E-state index in [9.17, 15) is 0 Å². The molecule has 4 aliphatic rings. The van der Waals surface area contributed by atoms with Crippen molar-refractivity contribution in [1.29, 1.82) is 0 Å². The maximum atomic E-state index is 2.89. The lowest BCUT2D eigenvalue weighted by molar-refractivity contribution is 0.195. The molecule has 2 atom stereocenters. The minimum absolute atomic E-state index is 0.000855. The Bertz CT molecular complexity index is 2700. The summed E-state index contributed by atoms with van der Waals surface area (Å²) < 4.78 is 0. The van der Waals surface area contributed by atoms with Gasteiger partial charge in [-0.1, -0.05) is 154 Å². The van der Waals surface area contributed by atoms with Crippen LogP contribution in [0.2, 0.25) is 0 Å². The average Bonchev–Trinajstić information content (AvgIpc) is 3.43. The lowest BCUT2D eigenvalue weighted by Crippen LogP contribution is -2.64. The minimum Gasteiger partial charge on any atom is -0.335 e. The first kappa shape index (κ1) is 40.8. The molecular weight excluding hydrogens is 749 g/mol. The second-order valence-corrected chi connectivity index (χ2v) is 22.9. The average molecular weight is 816 g/mol. The topological polar surface area (TPSA) is 9.72 Å². The van der Waals surface area contributed by atoms with Crippen molar-refractivity contribution < 1.29 is 0 Å². The van der Waals surface area contributed by atoms with Crippen molar-refractivity contribution in [2.24, 2.45) is 0 Å². The molecule has 1 fully saturated rings. The summed E-state index contributed by atoms with van der Waals surface area (Å²) in [6, 6.07) is 45.5. The van der Waals surface area contributed by atoms with Crippen molar-refractivity contribution >= 4 is 68.6 Å². The molecule has 1 aliphatic carbocycles. The standard InChI is InChI=1S/C58H66BN3/c1-37-16-23-42(24-17-37)60(43-25-18-38(2)19-26-43)45-35-50-52-51(36-45)62-53-46(57(12)30-14-15-31-58(57,62)13)32-41(56(9,10)11)34-48(53)59(52)47-33-40(55(6,7)8)22-29-49(47)61(50)44-27-20-39(21-28-44)54(3,4)5/h16-29,32-36H,14-15,30-31H2,1-13H3. The van der Waals surface area contributed by atoms with Crippen molar-refractivity contribution in [1.82, 2.24) is 0 Å². The van der Waals surface area contributed by atoms with Crippen LogP contribution in [0.4, 0.5) is 45.5 Å². The van der Waals surface area contributed by atoms with E-state index in [-0.39, 0.29) is 33.9 Å². The molecule has 0 bridgehead atoms. The summed E-state index contributed by atoms with van der Waals surface area (Å²) in [6.45, 7) is 30.9. The highest BCUT2D eigenvalue weighted by Crippen LogP contribution is 2.62. The molecule has 3 aliphatic heterocycles. The molecule has 10 rings (SSSR count). The number of nitrogens with zero attached hydrogens (tertiary/aromatic N) is 3. The van der Waals surface area contributed by atoms with Gasteiger partial charge in [-0.25, -0.2) is 0 Å². The number of benzene rings is 6. The van der Waals surface area contributed by atoms with Crippen LogP contribution in [0, 0.1) is 13.8 Å². The minimum atomic E-state index is -0.0958. The molecule has 1 saturated carbocycles. The number of hydrogen-bond acceptors (Lipinski definition) is 3. The Morgan fingerprint density at radius 1 is 0.516 bits per heavy atom. The Labute approximate surface area is 373 Å². The highest BCUT2D eigenvalue weighted by molar-refractivity contribution is 7.00. The molecule has 62 heavy (non-hydrogen) atoms. The lowest BCUT2D eigenvalue weighted by Gasteiger charge is -2.53. The van der Waals surface area contributed by atoms with Crippen LogP contribution in [0.3, 0.4) is 0 Å². The molecule has 4 heteroatoms. The molecule has 0 radical (unpaired) electrons. The van der Waals surface area contributed by atoms with Crippen molar-refractivity contribution in [3.8, 4) is 0 Å². The first-order valence-electron chi connectivity index (χ1n) is 23.3. The summed E-state index contributed by atoms with van der Waals surface area (Å²) in [4.78, 5) is 8.01. The van der Waals surface area contributed by atoms with Crippen molar-refractivity contribution in [3.63, 3.8) is 0 Å². The molecule has 3 nitrogen and oxygen atoms in total. The molecule has 3 heterocycles. The fourth-order valence-electron chi connectivity index (χ4n) is 11.6. The van der Waals surface area contributed by atoms with Gasteiger partial charge in [0.2, 0.25) is 0 Å². The Balaban J connectivity index is 1.36. The van der Waals surface area contributed by atoms with E-state index < -0.39 is 0 Å². The van der Waals surface area contributed by atoms with Gasteiger partial charge in [0.15, 0.2) is 0 Å². The predicted molar refractivity (Wildman–Crippen MR) is 269 cm³/mol. The van der Waals surface area contributed by atoms with E-state index in [0.717, 1.165) is 17.8 Å². The van der Waals surface area contributed by atoms with E-state index in [4.69, 9.17) is 0 Å². The number of fused-ring (bicyclic) bond motifs is 7. The number of anilines is 8. The monoisotopic (exact) mass is 816 g/mol. The summed E-state index contributed by atoms with van der Waals surface area (Å²) in [5.74, 6) is 0. The highest BCUT2D eigenvalue weighted by Gasteiger charge is 2.61. The maximum Gasteiger partial charge on any atom is 0.252 e. The third-order valence-corrected chi connectivity index (χ3v) is 15.6. The third kappa shape index (κ3) is 6.05. The second kappa shape index (κ2) is 13.6. The molecule has 0 N–H and O–H groups in total. The fraction of sp³-hybridized carbons (Fsp3) is 0.379. The van der Waals surface area contributed by atoms with Gasteiger partial charge in [-0.2, -0.15) is 0 Å². The van der Waals surface area contributed by atoms with Crippen LogP contribution in [0.15, 0.2) is 115 Å². The zero-order chi connectivity index (χ0) is 43.9. The van der Waals surface area contributed by atoms with Gasteiger partial charge in [-0.15, -0.1) is 0 Å². The Morgan fingerprint density at radius 2 is 1.05 bits per heavy atom. The largest absolute Gasteiger partial charge is 0.335 e. The fourth-order valence-corrected chi connectivity index (χ4v) is 11.6. The van der Waals surface area contributed by atoms with Gasteiger partial charge >= 0.3 is 0 Å². The normalized spacial score (nSPS) is 20.1. The Hall–Kier alpha value is -5.22. The maximum absolute atomic E-state index is 2.89. The number of aryl methyl sites for hydroxylation is 2. The summed E-state index contributed by atoms with van der Waals surface area (Å²) >= 11 is 0. The molecule has 0 saturated heterocycles. The summed E-state index contributed by atoms with van der Waals surface area (Å²) in [7, 11) is 0. The number of hydrogen-bond donors (Lipinski definition) is 0. The SMILES string of the molecule is Cc1ccc(N(c2ccc(C)cc2)c2cc3c4c(c2)N2c5c(cc(C(C)(C)C)cc5C5(C)CCCCC25C)B4c2cc(C(C)(C)C)ccc2N3c2ccc(C(C)(C)C)cc2)cc1. The van der Waals surface area contributed by atoms with Gasteiger partial charge < -0.3 is 14.7 Å². The van der Waals surface area contributed by atoms with E-state index in [1.54, 1.807) is 5.56 Å². The van der Waals surface area contributed by atoms with Gasteiger partial charge in [-0.05, 0) is 143 Å². The van der Waals surface area contributed by atoms with Gasteiger partial charge in [0.1, 0.15) is 0 Å². The van der Waals surface area contributed by atoms with E-state index in [1.807, 2.05) is 0 Å². The zero-order valence-electron chi connectivity index (χ0n) is 39.7.